The first-order valence-corrected chi connectivity index (χ1v) is 6.53. The zero-order chi connectivity index (χ0) is 14.0. The molecule has 1 aromatic carbocycles. The summed E-state index contributed by atoms with van der Waals surface area (Å²) in [7, 11) is 0. The van der Waals surface area contributed by atoms with Crippen LogP contribution in [-0.2, 0) is 11.2 Å². The Morgan fingerprint density at radius 3 is 2.42 bits per heavy atom. The summed E-state index contributed by atoms with van der Waals surface area (Å²) >= 11 is 3.24. The van der Waals surface area contributed by atoms with Gasteiger partial charge in [0.25, 0.3) is 0 Å². The van der Waals surface area contributed by atoms with Gasteiger partial charge in [0.2, 0.25) is 5.91 Å². The van der Waals surface area contributed by atoms with Crippen molar-refractivity contribution in [3.63, 3.8) is 0 Å². The molecule has 1 fully saturated rings. The molecule has 1 unspecified atom stereocenters. The van der Waals surface area contributed by atoms with E-state index < -0.39 is 12.2 Å². The van der Waals surface area contributed by atoms with Gasteiger partial charge in [-0.3, -0.25) is 10.2 Å². The Balaban J connectivity index is 2.14. The van der Waals surface area contributed by atoms with Gasteiger partial charge in [0, 0.05) is 17.4 Å². The third kappa shape index (κ3) is 3.70. The van der Waals surface area contributed by atoms with Crippen LogP contribution in [0.15, 0.2) is 28.7 Å². The molecule has 1 saturated heterocycles. The Hall–Kier alpha value is -1.08. The number of hydrogen-bond acceptors (Lipinski definition) is 2. The van der Waals surface area contributed by atoms with Crippen molar-refractivity contribution in [2.24, 2.45) is 0 Å². The number of benzene rings is 1. The number of hydrazine groups is 1. The minimum atomic E-state index is -4.38. The Morgan fingerprint density at radius 1 is 1.32 bits per heavy atom. The molecule has 0 aromatic heterocycles. The zero-order valence-corrected chi connectivity index (χ0v) is 11.5. The standard InChI is InChI=1S/C12H12BrF3N2O/c13-9-3-1-8(2-4-9)7-10(12(14,15)16)18-6-5-11(19)17-18/h1-4,10H,5-7H2,(H,17,19). The summed E-state index contributed by atoms with van der Waals surface area (Å²) in [4.78, 5) is 11.1. The second-order valence-electron chi connectivity index (χ2n) is 4.37. The topological polar surface area (TPSA) is 32.3 Å². The highest BCUT2D eigenvalue weighted by molar-refractivity contribution is 9.10. The SMILES string of the molecule is O=C1CCN(C(Cc2ccc(Br)cc2)C(F)(F)F)N1. The van der Waals surface area contributed by atoms with Crippen molar-refractivity contribution in [2.75, 3.05) is 6.54 Å². The van der Waals surface area contributed by atoms with Gasteiger partial charge in [-0.05, 0) is 24.1 Å². The molecule has 1 aliphatic rings. The second kappa shape index (κ2) is 5.50. The average Bonchev–Trinajstić information content (AvgIpc) is 2.73. The molecule has 1 aromatic rings. The summed E-state index contributed by atoms with van der Waals surface area (Å²) in [5, 5.41) is 0.977. The van der Waals surface area contributed by atoms with Crippen molar-refractivity contribution >= 4 is 21.8 Å². The van der Waals surface area contributed by atoms with E-state index in [-0.39, 0.29) is 25.3 Å². The molecule has 1 amide bonds. The fraction of sp³-hybridized carbons (Fsp3) is 0.417. The van der Waals surface area contributed by atoms with Crippen molar-refractivity contribution in [1.29, 1.82) is 0 Å². The van der Waals surface area contributed by atoms with Crippen LogP contribution in [-0.4, -0.2) is 29.7 Å². The Kier molecular flexibility index (Phi) is 4.15. The quantitative estimate of drug-likeness (QED) is 0.920. The van der Waals surface area contributed by atoms with E-state index in [4.69, 9.17) is 0 Å². The normalized spacial score (nSPS) is 18.4. The largest absolute Gasteiger partial charge is 0.406 e. The number of alkyl halides is 3. The van der Waals surface area contributed by atoms with Crippen LogP contribution >= 0.6 is 15.9 Å². The van der Waals surface area contributed by atoms with Crippen LogP contribution in [0.3, 0.4) is 0 Å². The first kappa shape index (κ1) is 14.3. The lowest BCUT2D eigenvalue weighted by Gasteiger charge is -2.29. The van der Waals surface area contributed by atoms with Crippen molar-refractivity contribution < 1.29 is 18.0 Å². The van der Waals surface area contributed by atoms with Gasteiger partial charge in [-0.1, -0.05) is 28.1 Å². The van der Waals surface area contributed by atoms with Crippen molar-refractivity contribution in [2.45, 2.75) is 25.1 Å². The maximum Gasteiger partial charge on any atom is 0.406 e. The third-order valence-electron chi connectivity index (χ3n) is 2.94. The molecule has 1 heterocycles. The van der Waals surface area contributed by atoms with Gasteiger partial charge in [-0.25, -0.2) is 5.01 Å². The number of halogens is 4. The first-order valence-electron chi connectivity index (χ1n) is 5.73. The molecule has 0 saturated carbocycles. The third-order valence-corrected chi connectivity index (χ3v) is 3.47. The van der Waals surface area contributed by atoms with E-state index in [1.165, 1.54) is 0 Å². The average molecular weight is 337 g/mol. The predicted octanol–water partition coefficient (Wildman–Crippen LogP) is 2.66. The van der Waals surface area contributed by atoms with Gasteiger partial charge in [0.05, 0.1) is 0 Å². The lowest BCUT2D eigenvalue weighted by molar-refractivity contribution is -0.187. The smallest absolute Gasteiger partial charge is 0.288 e. The lowest BCUT2D eigenvalue weighted by Crippen LogP contribution is -2.51. The fourth-order valence-electron chi connectivity index (χ4n) is 1.97. The van der Waals surface area contributed by atoms with Crippen LogP contribution in [0.25, 0.3) is 0 Å². The minimum absolute atomic E-state index is 0.0829. The number of carbonyl (C=O) groups excluding carboxylic acids is 1. The molecule has 1 aliphatic heterocycles. The minimum Gasteiger partial charge on any atom is -0.288 e. The van der Waals surface area contributed by atoms with E-state index >= 15 is 0 Å². The van der Waals surface area contributed by atoms with Crippen LogP contribution in [0.2, 0.25) is 0 Å². The Labute approximate surface area is 116 Å². The number of nitrogens with one attached hydrogen (secondary N) is 1. The molecular formula is C12H12BrF3N2O. The lowest BCUT2D eigenvalue weighted by atomic mass is 10.1. The molecule has 0 spiro atoms. The Morgan fingerprint density at radius 2 is 1.95 bits per heavy atom. The van der Waals surface area contributed by atoms with Crippen LogP contribution in [0.1, 0.15) is 12.0 Å². The molecule has 3 nitrogen and oxygen atoms in total. The molecular weight excluding hydrogens is 325 g/mol. The van der Waals surface area contributed by atoms with Crippen LogP contribution in [0.4, 0.5) is 13.2 Å². The van der Waals surface area contributed by atoms with Crippen molar-refractivity contribution in [1.82, 2.24) is 10.4 Å². The molecule has 0 radical (unpaired) electrons. The van der Waals surface area contributed by atoms with E-state index in [1.807, 2.05) is 0 Å². The van der Waals surface area contributed by atoms with Gasteiger partial charge in [-0.15, -0.1) is 0 Å². The van der Waals surface area contributed by atoms with E-state index in [0.717, 1.165) is 9.48 Å². The summed E-state index contributed by atoms with van der Waals surface area (Å²) in [6.07, 6.45) is -4.46. The number of hydrogen-bond donors (Lipinski definition) is 1. The molecule has 19 heavy (non-hydrogen) atoms. The maximum atomic E-state index is 13.1. The number of nitrogens with zero attached hydrogens (tertiary/aromatic N) is 1. The summed E-state index contributed by atoms with van der Waals surface area (Å²) in [5.74, 6) is -0.370. The number of amides is 1. The predicted molar refractivity (Wildman–Crippen MR) is 67.2 cm³/mol. The molecule has 7 heteroatoms. The van der Waals surface area contributed by atoms with Crippen LogP contribution in [0.5, 0.6) is 0 Å². The summed E-state index contributed by atoms with van der Waals surface area (Å²) in [6, 6.07) is 4.98. The maximum absolute atomic E-state index is 13.1. The number of rotatable bonds is 3. The molecule has 0 bridgehead atoms. The molecule has 104 valence electrons. The highest BCUT2D eigenvalue weighted by Crippen LogP contribution is 2.28. The van der Waals surface area contributed by atoms with E-state index in [2.05, 4.69) is 21.4 Å². The highest BCUT2D eigenvalue weighted by Gasteiger charge is 2.45. The second-order valence-corrected chi connectivity index (χ2v) is 5.28. The number of carbonyl (C=O) groups is 1. The molecule has 1 atom stereocenters. The zero-order valence-electron chi connectivity index (χ0n) is 9.88. The van der Waals surface area contributed by atoms with E-state index in [0.29, 0.717) is 5.56 Å². The van der Waals surface area contributed by atoms with Gasteiger partial charge in [-0.2, -0.15) is 13.2 Å². The summed E-state index contributed by atoms with van der Waals surface area (Å²) in [5.41, 5.74) is 2.83. The van der Waals surface area contributed by atoms with Gasteiger partial charge in [0.15, 0.2) is 0 Å². The monoisotopic (exact) mass is 336 g/mol. The fourth-order valence-corrected chi connectivity index (χ4v) is 2.24. The van der Waals surface area contributed by atoms with E-state index in [9.17, 15) is 18.0 Å². The van der Waals surface area contributed by atoms with Crippen molar-refractivity contribution in [3.8, 4) is 0 Å². The molecule has 0 aliphatic carbocycles. The van der Waals surface area contributed by atoms with Crippen LogP contribution in [0, 0.1) is 0 Å². The summed E-state index contributed by atoms with van der Waals surface area (Å²) in [6.45, 7) is 0.0829. The van der Waals surface area contributed by atoms with Crippen LogP contribution < -0.4 is 5.43 Å². The van der Waals surface area contributed by atoms with E-state index in [1.54, 1.807) is 24.3 Å². The highest BCUT2D eigenvalue weighted by atomic mass is 79.9. The van der Waals surface area contributed by atoms with Gasteiger partial charge in [0.1, 0.15) is 6.04 Å². The van der Waals surface area contributed by atoms with Gasteiger partial charge >= 0.3 is 6.18 Å². The van der Waals surface area contributed by atoms with Gasteiger partial charge < -0.3 is 0 Å². The molecule has 2 rings (SSSR count). The van der Waals surface area contributed by atoms with Crippen molar-refractivity contribution in [3.05, 3.63) is 34.3 Å². The summed E-state index contributed by atoms with van der Waals surface area (Å²) < 4.78 is 40.0. The first-order chi connectivity index (χ1) is 8.86. The molecule has 1 N–H and O–H groups in total. The Bertz CT molecular complexity index is 461.